The smallest absolute Gasteiger partial charge is 0.306 e. The summed E-state index contributed by atoms with van der Waals surface area (Å²) >= 11 is 0. The first-order valence-electron chi connectivity index (χ1n) is 31.1. The maximum Gasteiger partial charge on any atom is 0.306 e. The summed E-state index contributed by atoms with van der Waals surface area (Å²) in [7, 11) is 0. The average Bonchev–Trinajstić information content (AvgIpc) is 3.37. The van der Waals surface area contributed by atoms with E-state index in [0.717, 1.165) is 83.5 Å². The molecule has 6 nitrogen and oxygen atoms in total. The van der Waals surface area contributed by atoms with Crippen LogP contribution in [0.1, 0.15) is 329 Å². The molecule has 0 radical (unpaired) electrons. The third kappa shape index (κ3) is 58.1. The molecule has 0 fully saturated rings. The molecule has 0 aromatic heterocycles. The Morgan fingerprint density at radius 1 is 0.282 bits per heavy atom. The first-order chi connectivity index (χ1) is 35.0. The zero-order chi connectivity index (χ0) is 51.4. The second-order valence-electron chi connectivity index (χ2n) is 21.0. The monoisotopic (exact) mass is 995 g/mol. The number of ether oxygens (including phenoxy) is 3. The molecule has 0 N–H and O–H groups in total. The summed E-state index contributed by atoms with van der Waals surface area (Å²) in [6.07, 6.45) is 73.9. The number of hydrogen-bond donors (Lipinski definition) is 0. The topological polar surface area (TPSA) is 78.9 Å². The summed E-state index contributed by atoms with van der Waals surface area (Å²) in [5.74, 6) is -0.874. The van der Waals surface area contributed by atoms with Crippen molar-refractivity contribution in [3.05, 3.63) is 48.6 Å². The molecule has 0 spiro atoms. The van der Waals surface area contributed by atoms with Gasteiger partial charge in [-0.2, -0.15) is 0 Å². The molecule has 0 aliphatic rings. The second-order valence-corrected chi connectivity index (χ2v) is 21.0. The average molecular weight is 996 g/mol. The fourth-order valence-corrected chi connectivity index (χ4v) is 9.09. The second kappa shape index (κ2) is 59.9. The molecule has 0 aliphatic carbocycles. The van der Waals surface area contributed by atoms with Crippen molar-refractivity contribution in [2.24, 2.45) is 0 Å². The maximum absolute atomic E-state index is 12.9. The lowest BCUT2D eigenvalue weighted by Gasteiger charge is -2.18. The molecular formula is C65H118O6. The minimum atomic E-state index is -0.779. The van der Waals surface area contributed by atoms with E-state index in [9.17, 15) is 14.4 Å². The fraction of sp³-hybridized carbons (Fsp3) is 0.831. The van der Waals surface area contributed by atoms with Crippen LogP contribution in [0.3, 0.4) is 0 Å². The summed E-state index contributed by atoms with van der Waals surface area (Å²) in [6, 6.07) is 0. The van der Waals surface area contributed by atoms with Crippen LogP contribution < -0.4 is 0 Å². The molecule has 0 saturated carbocycles. The van der Waals surface area contributed by atoms with Gasteiger partial charge in [-0.3, -0.25) is 14.4 Å². The predicted octanol–water partition coefficient (Wildman–Crippen LogP) is 21.0. The van der Waals surface area contributed by atoms with Gasteiger partial charge in [-0.15, -0.1) is 0 Å². The largest absolute Gasteiger partial charge is 0.462 e. The highest BCUT2D eigenvalue weighted by Crippen LogP contribution is 2.17. The molecule has 0 aliphatic heterocycles. The van der Waals surface area contributed by atoms with E-state index >= 15 is 0 Å². The van der Waals surface area contributed by atoms with Gasteiger partial charge < -0.3 is 14.2 Å². The minimum Gasteiger partial charge on any atom is -0.462 e. The van der Waals surface area contributed by atoms with Crippen molar-refractivity contribution in [3.63, 3.8) is 0 Å². The fourth-order valence-electron chi connectivity index (χ4n) is 9.09. The molecule has 1 unspecified atom stereocenters. The van der Waals surface area contributed by atoms with Crippen LogP contribution in [0.5, 0.6) is 0 Å². The minimum absolute atomic E-state index is 0.0767. The highest BCUT2D eigenvalue weighted by atomic mass is 16.6. The number of carbonyl (C=O) groups is 3. The Bertz CT molecular complexity index is 1230. The third-order valence-corrected chi connectivity index (χ3v) is 13.8. The van der Waals surface area contributed by atoms with E-state index in [1.807, 2.05) is 0 Å². The van der Waals surface area contributed by atoms with E-state index in [0.29, 0.717) is 19.3 Å². The van der Waals surface area contributed by atoms with Crippen molar-refractivity contribution in [2.75, 3.05) is 13.2 Å². The van der Waals surface area contributed by atoms with Crippen molar-refractivity contribution in [1.29, 1.82) is 0 Å². The first kappa shape index (κ1) is 68.4. The molecule has 0 aromatic rings. The lowest BCUT2D eigenvalue weighted by atomic mass is 10.0. The summed E-state index contributed by atoms with van der Waals surface area (Å²) in [4.78, 5) is 38.3. The van der Waals surface area contributed by atoms with Crippen LogP contribution in [0.25, 0.3) is 0 Å². The summed E-state index contributed by atoms with van der Waals surface area (Å²) < 4.78 is 16.9. The molecular weight excluding hydrogens is 877 g/mol. The molecule has 0 aromatic carbocycles. The molecule has 0 rings (SSSR count). The SMILES string of the molecule is CCCCC/C=C\C/C=C\CCCCCCCCCCCC(=O)OCC(COC(=O)CCCCCCC/C=C\C/C=C\CCCCCC)OC(=O)CCCCCCCCCCCCCCCCCCCC. The zero-order valence-corrected chi connectivity index (χ0v) is 47.5. The van der Waals surface area contributed by atoms with Crippen LogP contribution in [-0.4, -0.2) is 37.2 Å². The van der Waals surface area contributed by atoms with Gasteiger partial charge in [-0.1, -0.05) is 275 Å². The van der Waals surface area contributed by atoms with Crippen molar-refractivity contribution in [2.45, 2.75) is 335 Å². The lowest BCUT2D eigenvalue weighted by molar-refractivity contribution is -0.167. The van der Waals surface area contributed by atoms with Crippen LogP contribution in [0, 0.1) is 0 Å². The van der Waals surface area contributed by atoms with E-state index in [4.69, 9.17) is 14.2 Å². The highest BCUT2D eigenvalue weighted by Gasteiger charge is 2.19. The van der Waals surface area contributed by atoms with Crippen LogP contribution in [0.4, 0.5) is 0 Å². The van der Waals surface area contributed by atoms with Crippen LogP contribution in [0.2, 0.25) is 0 Å². The van der Waals surface area contributed by atoms with Crippen LogP contribution >= 0.6 is 0 Å². The zero-order valence-electron chi connectivity index (χ0n) is 47.5. The Labute approximate surface area is 441 Å². The normalized spacial score (nSPS) is 12.3. The molecule has 414 valence electrons. The first-order valence-corrected chi connectivity index (χ1v) is 31.1. The van der Waals surface area contributed by atoms with E-state index < -0.39 is 6.10 Å². The Morgan fingerprint density at radius 3 is 0.817 bits per heavy atom. The van der Waals surface area contributed by atoms with Crippen molar-refractivity contribution < 1.29 is 28.6 Å². The lowest BCUT2D eigenvalue weighted by Crippen LogP contribution is -2.30. The van der Waals surface area contributed by atoms with E-state index in [2.05, 4.69) is 69.4 Å². The highest BCUT2D eigenvalue weighted by molar-refractivity contribution is 5.71. The number of esters is 3. The van der Waals surface area contributed by atoms with Crippen molar-refractivity contribution >= 4 is 17.9 Å². The number of unbranched alkanes of at least 4 members (excludes halogenated alkanes) is 38. The van der Waals surface area contributed by atoms with E-state index in [1.165, 1.54) is 205 Å². The van der Waals surface area contributed by atoms with Gasteiger partial charge in [0.25, 0.3) is 0 Å². The Balaban J connectivity index is 4.36. The molecule has 6 heteroatoms. The molecule has 0 saturated heterocycles. The van der Waals surface area contributed by atoms with Gasteiger partial charge in [0, 0.05) is 19.3 Å². The van der Waals surface area contributed by atoms with Gasteiger partial charge in [0.05, 0.1) is 0 Å². The summed E-state index contributed by atoms with van der Waals surface area (Å²) in [6.45, 7) is 6.63. The van der Waals surface area contributed by atoms with E-state index in [-0.39, 0.29) is 31.1 Å². The molecule has 0 bridgehead atoms. The van der Waals surface area contributed by atoms with Crippen LogP contribution in [-0.2, 0) is 28.6 Å². The van der Waals surface area contributed by atoms with Crippen molar-refractivity contribution in [3.8, 4) is 0 Å². The maximum atomic E-state index is 12.9. The Morgan fingerprint density at radius 2 is 0.507 bits per heavy atom. The molecule has 0 amide bonds. The molecule has 71 heavy (non-hydrogen) atoms. The number of carbonyl (C=O) groups excluding carboxylic acids is 3. The number of allylic oxidation sites excluding steroid dienone is 8. The van der Waals surface area contributed by atoms with Gasteiger partial charge >= 0.3 is 17.9 Å². The number of hydrogen-bond acceptors (Lipinski definition) is 6. The van der Waals surface area contributed by atoms with Crippen molar-refractivity contribution in [1.82, 2.24) is 0 Å². The van der Waals surface area contributed by atoms with E-state index in [1.54, 1.807) is 0 Å². The quantitative estimate of drug-likeness (QED) is 0.0261. The Hall–Kier alpha value is -2.63. The Kier molecular flexibility index (Phi) is 57.7. The van der Waals surface area contributed by atoms with Gasteiger partial charge in [-0.25, -0.2) is 0 Å². The number of rotatable bonds is 57. The molecule has 0 heterocycles. The third-order valence-electron chi connectivity index (χ3n) is 13.8. The van der Waals surface area contributed by atoms with Gasteiger partial charge in [0.15, 0.2) is 6.10 Å². The van der Waals surface area contributed by atoms with Gasteiger partial charge in [0.2, 0.25) is 0 Å². The summed E-state index contributed by atoms with van der Waals surface area (Å²) in [5.41, 5.74) is 0. The van der Waals surface area contributed by atoms with Gasteiger partial charge in [-0.05, 0) is 83.5 Å². The summed E-state index contributed by atoms with van der Waals surface area (Å²) in [5, 5.41) is 0. The van der Waals surface area contributed by atoms with Crippen LogP contribution in [0.15, 0.2) is 48.6 Å². The molecule has 1 atom stereocenters. The predicted molar refractivity (Wildman–Crippen MR) is 307 cm³/mol. The van der Waals surface area contributed by atoms with Gasteiger partial charge in [0.1, 0.15) is 13.2 Å². The standard InChI is InChI=1S/C65H118O6/c1-4-7-10-13-16-19-22-25-28-31-33-35-37-40-43-46-49-52-55-58-64(67)70-61-62(60-69-63(66)57-54-51-48-45-42-39-36-30-27-24-21-18-15-12-9-6-3)71-65(68)59-56-53-50-47-44-41-38-34-32-29-26-23-20-17-14-11-8-5-2/h16,19,21,24-25,28,30,36,62H,4-15,17-18,20,22-23,26-27,29,31-35,37-61H2,1-3H3/b19-16-,24-21-,28-25-,36-30-.